The van der Waals surface area contributed by atoms with Crippen LogP contribution < -0.4 is 0 Å². The highest BCUT2D eigenvalue weighted by molar-refractivity contribution is 4.41. The molecule has 0 atom stereocenters. The van der Waals surface area contributed by atoms with Crippen LogP contribution in [0.25, 0.3) is 0 Å². The van der Waals surface area contributed by atoms with E-state index in [0.29, 0.717) is 0 Å². The van der Waals surface area contributed by atoms with Gasteiger partial charge in [0.15, 0.2) is 0 Å². The average molecular weight is 115 g/mol. The molecule has 0 saturated carbocycles. The molecule has 0 fully saturated rings. The Kier molecular flexibility index (Phi) is 5.01. The van der Waals surface area contributed by atoms with Crippen LogP contribution in [0.1, 0.15) is 20.8 Å². The molecule has 0 aromatic heterocycles. The van der Waals surface area contributed by atoms with Crippen LogP contribution >= 0.6 is 0 Å². The van der Waals surface area contributed by atoms with Crippen LogP contribution in [0.4, 0.5) is 0 Å². The normalized spacial score (nSPS) is 10.5. The van der Waals surface area contributed by atoms with E-state index in [2.05, 4.69) is 11.5 Å². The second-order valence-electron chi connectivity index (χ2n) is 1.60. The third-order valence-electron chi connectivity index (χ3n) is 0.450. The molecule has 0 amide bonds. The van der Waals surface area contributed by atoms with Crippen molar-refractivity contribution in [1.82, 2.24) is 0 Å². The Morgan fingerprint density at radius 2 is 2.12 bits per heavy atom. The molecule has 8 heavy (non-hydrogen) atoms. The Labute approximate surface area is 50.8 Å². The molecule has 0 saturated heterocycles. The maximum Gasteiger partial charge on any atom is 0.292 e. The first kappa shape index (κ1) is 7.92. The van der Waals surface area contributed by atoms with Crippen LogP contribution in [-0.4, -0.2) is 6.10 Å². The molecule has 3 radical (unpaired) electrons. The van der Waals surface area contributed by atoms with Crippen molar-refractivity contribution < 1.29 is 9.47 Å². The summed E-state index contributed by atoms with van der Waals surface area (Å²) in [5, 5.41) is 0. The highest BCUT2D eigenvalue weighted by atomic mass is 16.7. The minimum Gasteiger partial charge on any atom is -0.338 e. The summed E-state index contributed by atoms with van der Waals surface area (Å²) in [7, 11) is 0. The molecule has 0 aliphatic heterocycles. The van der Waals surface area contributed by atoms with Crippen molar-refractivity contribution in [3.8, 4) is 0 Å². The first-order valence-corrected chi connectivity index (χ1v) is 2.61. The molecular formula is C6H11O2. The molecule has 0 spiro atoms. The van der Waals surface area contributed by atoms with Gasteiger partial charge in [-0.1, -0.05) is 0 Å². The summed E-state index contributed by atoms with van der Waals surface area (Å²) >= 11 is 0. The SMILES string of the molecule is C[CH]O[C]OC(C)C. The molecule has 0 aromatic rings. The fourth-order valence-electron chi connectivity index (χ4n) is 0.172. The first-order chi connectivity index (χ1) is 3.77. The number of hydrogen-bond acceptors (Lipinski definition) is 2. The number of hydrogen-bond donors (Lipinski definition) is 0. The van der Waals surface area contributed by atoms with Crippen LogP contribution in [0.2, 0.25) is 0 Å². The molecule has 0 rings (SSSR count). The lowest BCUT2D eigenvalue weighted by molar-refractivity contribution is 0.0165. The monoisotopic (exact) mass is 115 g/mol. The van der Waals surface area contributed by atoms with Crippen LogP contribution in [-0.2, 0) is 9.47 Å². The molecular weight excluding hydrogens is 104 g/mol. The summed E-state index contributed by atoms with van der Waals surface area (Å²) in [4.78, 5) is 0. The van der Waals surface area contributed by atoms with Crippen molar-refractivity contribution in [3.05, 3.63) is 13.4 Å². The second kappa shape index (κ2) is 5.06. The van der Waals surface area contributed by atoms with Crippen molar-refractivity contribution >= 4 is 0 Å². The molecule has 0 heterocycles. The van der Waals surface area contributed by atoms with Crippen LogP contribution in [0.3, 0.4) is 0 Å². The number of rotatable bonds is 4. The average Bonchev–Trinajstić information content (AvgIpc) is 1.66. The molecule has 2 nitrogen and oxygen atoms in total. The van der Waals surface area contributed by atoms with Gasteiger partial charge < -0.3 is 9.47 Å². The van der Waals surface area contributed by atoms with E-state index in [1.54, 1.807) is 6.92 Å². The largest absolute Gasteiger partial charge is 0.338 e. The second-order valence-corrected chi connectivity index (χ2v) is 1.60. The zero-order chi connectivity index (χ0) is 6.41. The van der Waals surface area contributed by atoms with Crippen molar-refractivity contribution in [2.45, 2.75) is 26.9 Å². The van der Waals surface area contributed by atoms with Gasteiger partial charge in [0.05, 0.1) is 12.7 Å². The fourth-order valence-corrected chi connectivity index (χ4v) is 0.172. The van der Waals surface area contributed by atoms with Gasteiger partial charge >= 0.3 is 0 Å². The Hall–Kier alpha value is -0.0800. The minimum absolute atomic E-state index is 0.148. The maximum absolute atomic E-state index is 4.78. The summed E-state index contributed by atoms with van der Waals surface area (Å²) in [6, 6.07) is 0. The zero-order valence-electron chi connectivity index (χ0n) is 5.47. The highest BCUT2D eigenvalue weighted by Gasteiger charge is 1.92. The standard InChI is InChI=1S/C6H11O2/c1-4-7-5-8-6(2)3/h4,6H,1-3H3. The van der Waals surface area contributed by atoms with E-state index in [4.69, 9.17) is 4.74 Å². The van der Waals surface area contributed by atoms with Crippen LogP contribution in [0.15, 0.2) is 0 Å². The molecule has 0 aromatic carbocycles. The smallest absolute Gasteiger partial charge is 0.292 e. The van der Waals surface area contributed by atoms with Crippen molar-refractivity contribution in [2.24, 2.45) is 0 Å². The molecule has 0 aliphatic carbocycles. The van der Waals surface area contributed by atoms with E-state index in [0.717, 1.165) is 0 Å². The molecule has 0 unspecified atom stereocenters. The quantitative estimate of drug-likeness (QED) is 0.518. The maximum atomic E-state index is 4.78. The summed E-state index contributed by atoms with van der Waals surface area (Å²) in [5.41, 5.74) is 0. The van der Waals surface area contributed by atoms with Gasteiger partial charge in [-0.15, -0.1) is 0 Å². The highest BCUT2D eigenvalue weighted by Crippen LogP contribution is 1.93. The first-order valence-electron chi connectivity index (χ1n) is 2.61. The Morgan fingerprint density at radius 1 is 1.50 bits per heavy atom. The van der Waals surface area contributed by atoms with E-state index in [1.165, 1.54) is 6.61 Å². The third kappa shape index (κ3) is 5.92. The van der Waals surface area contributed by atoms with Gasteiger partial charge in [-0.3, -0.25) is 0 Å². The van der Waals surface area contributed by atoms with Crippen molar-refractivity contribution in [2.75, 3.05) is 0 Å². The lowest BCUT2D eigenvalue weighted by Crippen LogP contribution is -2.00. The Morgan fingerprint density at radius 3 is 2.50 bits per heavy atom. The summed E-state index contributed by atoms with van der Waals surface area (Å²) in [5.74, 6) is 0. The molecule has 47 valence electrons. The van der Waals surface area contributed by atoms with E-state index >= 15 is 0 Å². The third-order valence-corrected chi connectivity index (χ3v) is 0.450. The zero-order valence-corrected chi connectivity index (χ0v) is 5.47. The van der Waals surface area contributed by atoms with E-state index in [-0.39, 0.29) is 6.10 Å². The van der Waals surface area contributed by atoms with Crippen molar-refractivity contribution in [1.29, 1.82) is 0 Å². The van der Waals surface area contributed by atoms with Gasteiger partial charge in [0.2, 0.25) is 0 Å². The topological polar surface area (TPSA) is 18.5 Å². The van der Waals surface area contributed by atoms with Gasteiger partial charge in [-0.25, -0.2) is 0 Å². The minimum atomic E-state index is 0.148. The van der Waals surface area contributed by atoms with E-state index in [1.807, 2.05) is 13.8 Å². The summed E-state index contributed by atoms with van der Waals surface area (Å²) < 4.78 is 9.33. The summed E-state index contributed by atoms with van der Waals surface area (Å²) in [6.07, 6.45) is 0.148. The Balaban J connectivity index is 2.72. The molecule has 0 N–H and O–H groups in total. The van der Waals surface area contributed by atoms with Gasteiger partial charge in [0.1, 0.15) is 0 Å². The van der Waals surface area contributed by atoms with Gasteiger partial charge in [0.25, 0.3) is 6.79 Å². The molecule has 0 aliphatic rings. The predicted octanol–water partition coefficient (Wildman–Crippen LogP) is 1.61. The molecule has 0 bridgehead atoms. The fraction of sp³-hybridized carbons (Fsp3) is 0.667. The van der Waals surface area contributed by atoms with Crippen LogP contribution in [0, 0.1) is 13.4 Å². The predicted molar refractivity (Wildman–Crippen MR) is 30.5 cm³/mol. The lowest BCUT2D eigenvalue weighted by atomic mass is 10.5. The lowest BCUT2D eigenvalue weighted by Gasteiger charge is -2.02. The van der Waals surface area contributed by atoms with Crippen molar-refractivity contribution in [3.63, 3.8) is 0 Å². The van der Waals surface area contributed by atoms with E-state index in [9.17, 15) is 0 Å². The van der Waals surface area contributed by atoms with E-state index < -0.39 is 0 Å². The van der Waals surface area contributed by atoms with Gasteiger partial charge in [0, 0.05) is 0 Å². The van der Waals surface area contributed by atoms with Gasteiger partial charge in [-0.2, -0.15) is 0 Å². The Bertz CT molecular complexity index is 43.8. The van der Waals surface area contributed by atoms with Crippen LogP contribution in [0.5, 0.6) is 0 Å². The number of ether oxygens (including phenoxy) is 2. The van der Waals surface area contributed by atoms with Gasteiger partial charge in [-0.05, 0) is 20.8 Å². The molecule has 2 heteroatoms. The summed E-state index contributed by atoms with van der Waals surface area (Å²) in [6.45, 7) is 9.36.